The highest BCUT2D eigenvalue weighted by atomic mass is 32.1. The van der Waals surface area contributed by atoms with Crippen molar-refractivity contribution in [2.45, 2.75) is 20.4 Å². The summed E-state index contributed by atoms with van der Waals surface area (Å²) in [7, 11) is 0. The molecule has 0 bridgehead atoms. The second-order valence-electron chi connectivity index (χ2n) is 4.48. The predicted octanol–water partition coefficient (Wildman–Crippen LogP) is 3.07. The van der Waals surface area contributed by atoms with Crippen LogP contribution in [0.4, 0.5) is 5.69 Å². The highest BCUT2D eigenvalue weighted by Gasteiger charge is 2.12. The van der Waals surface area contributed by atoms with E-state index in [0.29, 0.717) is 5.69 Å². The predicted molar refractivity (Wildman–Crippen MR) is 80.2 cm³/mol. The molecule has 0 saturated heterocycles. The Morgan fingerprint density at radius 1 is 1.40 bits per heavy atom. The van der Waals surface area contributed by atoms with Crippen LogP contribution in [0, 0.1) is 6.92 Å². The number of benzene rings is 1. The van der Waals surface area contributed by atoms with Crippen molar-refractivity contribution in [3.8, 4) is 0 Å². The molecule has 20 heavy (non-hydrogen) atoms. The van der Waals surface area contributed by atoms with Crippen molar-refractivity contribution in [2.75, 3.05) is 5.32 Å². The van der Waals surface area contributed by atoms with Gasteiger partial charge in [-0.15, -0.1) is 11.3 Å². The maximum Gasteiger partial charge on any atom is 0.276 e. The van der Waals surface area contributed by atoms with Crippen LogP contribution in [0.2, 0.25) is 0 Å². The van der Waals surface area contributed by atoms with Crippen LogP contribution < -0.4 is 5.32 Å². The Morgan fingerprint density at radius 2 is 2.25 bits per heavy atom. The fourth-order valence-corrected chi connectivity index (χ4v) is 2.79. The maximum atomic E-state index is 12.2. The van der Waals surface area contributed by atoms with Gasteiger partial charge in [-0.1, -0.05) is 0 Å². The molecule has 0 aliphatic rings. The standard InChI is InChI=1S/C14H14N4OS/c1-3-18-9(2)6-12(17-18)14(19)16-10-4-5-11-13(7-10)20-8-15-11/h4-8H,3H2,1-2H3,(H,16,19). The number of aryl methyl sites for hydroxylation is 2. The van der Waals surface area contributed by atoms with Crippen molar-refractivity contribution in [1.29, 1.82) is 0 Å². The van der Waals surface area contributed by atoms with Crippen LogP contribution in [0.15, 0.2) is 29.8 Å². The average Bonchev–Trinajstić information content (AvgIpc) is 3.04. The van der Waals surface area contributed by atoms with Gasteiger partial charge < -0.3 is 5.32 Å². The second-order valence-corrected chi connectivity index (χ2v) is 5.36. The molecule has 102 valence electrons. The molecule has 2 heterocycles. The number of rotatable bonds is 3. The summed E-state index contributed by atoms with van der Waals surface area (Å²) in [6, 6.07) is 7.47. The monoisotopic (exact) mass is 286 g/mol. The van der Waals surface area contributed by atoms with Gasteiger partial charge in [0.1, 0.15) is 0 Å². The smallest absolute Gasteiger partial charge is 0.276 e. The first-order valence-electron chi connectivity index (χ1n) is 6.36. The van der Waals surface area contributed by atoms with E-state index in [4.69, 9.17) is 0 Å². The summed E-state index contributed by atoms with van der Waals surface area (Å²) in [6.45, 7) is 4.70. The number of nitrogens with one attached hydrogen (secondary N) is 1. The van der Waals surface area contributed by atoms with Crippen molar-refractivity contribution >= 4 is 33.1 Å². The number of thiazole rings is 1. The van der Waals surface area contributed by atoms with E-state index in [1.54, 1.807) is 27.6 Å². The molecule has 0 aliphatic carbocycles. The van der Waals surface area contributed by atoms with Gasteiger partial charge in [0.15, 0.2) is 5.69 Å². The molecule has 3 rings (SSSR count). The molecule has 5 nitrogen and oxygen atoms in total. The molecule has 1 N–H and O–H groups in total. The zero-order chi connectivity index (χ0) is 14.1. The molecule has 6 heteroatoms. The highest BCUT2D eigenvalue weighted by Crippen LogP contribution is 2.22. The quantitative estimate of drug-likeness (QED) is 0.805. The van der Waals surface area contributed by atoms with Crippen LogP contribution in [0.3, 0.4) is 0 Å². The molecule has 1 aromatic carbocycles. The lowest BCUT2D eigenvalue weighted by Crippen LogP contribution is -2.13. The van der Waals surface area contributed by atoms with Crippen LogP contribution >= 0.6 is 11.3 Å². The fraction of sp³-hybridized carbons (Fsp3) is 0.214. The van der Waals surface area contributed by atoms with Gasteiger partial charge in [-0.2, -0.15) is 5.10 Å². The van der Waals surface area contributed by atoms with Gasteiger partial charge >= 0.3 is 0 Å². The van der Waals surface area contributed by atoms with Crippen molar-refractivity contribution in [1.82, 2.24) is 14.8 Å². The van der Waals surface area contributed by atoms with Crippen molar-refractivity contribution < 1.29 is 4.79 Å². The Balaban J connectivity index is 1.83. The average molecular weight is 286 g/mol. The number of nitrogens with zero attached hydrogens (tertiary/aromatic N) is 3. The van der Waals surface area contributed by atoms with E-state index in [2.05, 4.69) is 15.4 Å². The van der Waals surface area contributed by atoms with Gasteiger partial charge in [0.05, 0.1) is 15.7 Å². The first-order valence-corrected chi connectivity index (χ1v) is 7.24. The van der Waals surface area contributed by atoms with Crippen molar-refractivity contribution in [2.24, 2.45) is 0 Å². The first kappa shape index (κ1) is 12.8. The summed E-state index contributed by atoms with van der Waals surface area (Å²) in [5.74, 6) is -0.191. The molecule has 3 aromatic rings. The molecular formula is C14H14N4OS. The Labute approximate surface area is 120 Å². The molecule has 0 radical (unpaired) electrons. The minimum Gasteiger partial charge on any atom is -0.321 e. The van der Waals surface area contributed by atoms with Gasteiger partial charge in [0.2, 0.25) is 0 Å². The number of carbonyl (C=O) groups is 1. The lowest BCUT2D eigenvalue weighted by molar-refractivity contribution is 0.102. The van der Waals surface area contributed by atoms with E-state index in [0.717, 1.165) is 28.1 Å². The number of aromatic nitrogens is 3. The second kappa shape index (κ2) is 5.05. The van der Waals surface area contributed by atoms with Gasteiger partial charge in [-0.25, -0.2) is 4.98 Å². The molecule has 0 spiro atoms. The van der Waals surface area contributed by atoms with Crippen LogP contribution in [-0.4, -0.2) is 20.7 Å². The summed E-state index contributed by atoms with van der Waals surface area (Å²) >= 11 is 1.55. The third kappa shape index (κ3) is 2.30. The summed E-state index contributed by atoms with van der Waals surface area (Å²) in [4.78, 5) is 16.4. The first-order chi connectivity index (χ1) is 9.67. The molecule has 0 unspecified atom stereocenters. The van der Waals surface area contributed by atoms with E-state index in [9.17, 15) is 4.79 Å². The fourth-order valence-electron chi connectivity index (χ4n) is 2.07. The SMILES string of the molecule is CCn1nc(C(=O)Nc2ccc3ncsc3c2)cc1C. The van der Waals surface area contributed by atoms with Gasteiger partial charge in [-0.3, -0.25) is 9.48 Å². The van der Waals surface area contributed by atoms with Crippen LogP contribution in [0.25, 0.3) is 10.2 Å². The van der Waals surface area contributed by atoms with E-state index in [-0.39, 0.29) is 5.91 Å². The molecule has 0 fully saturated rings. The van der Waals surface area contributed by atoms with Crippen LogP contribution in [0.5, 0.6) is 0 Å². The van der Waals surface area contributed by atoms with Gasteiger partial charge in [0, 0.05) is 17.9 Å². The number of hydrogen-bond acceptors (Lipinski definition) is 4. The zero-order valence-corrected chi connectivity index (χ0v) is 12.1. The number of hydrogen-bond donors (Lipinski definition) is 1. The lowest BCUT2D eigenvalue weighted by atomic mass is 10.3. The van der Waals surface area contributed by atoms with Crippen LogP contribution in [0.1, 0.15) is 23.1 Å². The minimum atomic E-state index is -0.191. The molecule has 0 aliphatic heterocycles. The third-order valence-corrected chi connectivity index (χ3v) is 3.89. The Morgan fingerprint density at radius 3 is 3.00 bits per heavy atom. The van der Waals surface area contributed by atoms with Gasteiger partial charge in [-0.05, 0) is 38.1 Å². The van der Waals surface area contributed by atoms with E-state index in [1.165, 1.54) is 0 Å². The molecule has 0 atom stereocenters. The number of anilines is 1. The van der Waals surface area contributed by atoms with Crippen molar-refractivity contribution in [3.63, 3.8) is 0 Å². The van der Waals surface area contributed by atoms with E-state index in [1.807, 2.05) is 32.0 Å². The lowest BCUT2D eigenvalue weighted by Gasteiger charge is -2.02. The molecular weight excluding hydrogens is 272 g/mol. The summed E-state index contributed by atoms with van der Waals surface area (Å²) in [5.41, 5.74) is 4.92. The molecule has 0 saturated carbocycles. The molecule has 1 amide bonds. The van der Waals surface area contributed by atoms with E-state index < -0.39 is 0 Å². The molecule has 2 aromatic heterocycles. The number of fused-ring (bicyclic) bond motifs is 1. The van der Waals surface area contributed by atoms with Crippen molar-refractivity contribution in [3.05, 3.63) is 41.2 Å². The number of amides is 1. The highest BCUT2D eigenvalue weighted by molar-refractivity contribution is 7.16. The van der Waals surface area contributed by atoms with Crippen LogP contribution in [-0.2, 0) is 6.54 Å². The Hall–Kier alpha value is -2.21. The Kier molecular flexibility index (Phi) is 3.23. The normalized spacial score (nSPS) is 10.9. The third-order valence-electron chi connectivity index (χ3n) is 3.10. The summed E-state index contributed by atoms with van der Waals surface area (Å²) in [5, 5.41) is 7.14. The van der Waals surface area contributed by atoms with Gasteiger partial charge in [0.25, 0.3) is 5.91 Å². The maximum absolute atomic E-state index is 12.2. The zero-order valence-electron chi connectivity index (χ0n) is 11.3. The Bertz CT molecular complexity index is 774. The topological polar surface area (TPSA) is 59.8 Å². The van der Waals surface area contributed by atoms with E-state index >= 15 is 0 Å². The minimum absolute atomic E-state index is 0.191. The largest absolute Gasteiger partial charge is 0.321 e. The summed E-state index contributed by atoms with van der Waals surface area (Å²) in [6.07, 6.45) is 0. The number of carbonyl (C=O) groups excluding carboxylic acids is 1. The summed E-state index contributed by atoms with van der Waals surface area (Å²) < 4.78 is 2.86.